The maximum Gasteiger partial charge on any atom is 0.339 e. The van der Waals surface area contributed by atoms with Crippen LogP contribution in [0.1, 0.15) is 32.2 Å². The third-order valence-corrected chi connectivity index (χ3v) is 5.01. The molecule has 0 unspecified atom stereocenters. The van der Waals surface area contributed by atoms with Crippen LogP contribution in [0.2, 0.25) is 5.02 Å². The summed E-state index contributed by atoms with van der Waals surface area (Å²) in [6.45, 7) is -0.373. The molecular formula is C23H13ClFN3O6. The van der Waals surface area contributed by atoms with Crippen molar-refractivity contribution in [2.45, 2.75) is 6.61 Å². The first kappa shape index (κ1) is 22.7. The van der Waals surface area contributed by atoms with E-state index in [9.17, 15) is 24.1 Å². The number of hydrogen-bond acceptors (Lipinski definition) is 8. The highest BCUT2D eigenvalue weighted by molar-refractivity contribution is 6.33. The SMILES string of the molecule is O=C(OCc1nc(-c2ccc(F)cc2)no1)c1ccccc1C(=O)c1ccc(Cl)c([N+](=O)[O-])c1. The molecule has 0 aliphatic rings. The van der Waals surface area contributed by atoms with E-state index in [1.165, 1.54) is 54.6 Å². The third-order valence-electron chi connectivity index (χ3n) is 4.69. The third kappa shape index (κ3) is 4.81. The van der Waals surface area contributed by atoms with Crippen molar-refractivity contribution in [1.82, 2.24) is 10.1 Å². The monoisotopic (exact) mass is 481 g/mol. The minimum absolute atomic E-state index is 0.00944. The number of nitro benzene ring substituents is 1. The fourth-order valence-corrected chi connectivity index (χ4v) is 3.23. The normalized spacial score (nSPS) is 10.6. The fraction of sp³-hybridized carbons (Fsp3) is 0.0435. The van der Waals surface area contributed by atoms with Gasteiger partial charge in [-0.05, 0) is 42.5 Å². The number of benzene rings is 3. The Hall–Kier alpha value is -4.44. The molecule has 170 valence electrons. The first-order chi connectivity index (χ1) is 16.3. The second-order valence-electron chi connectivity index (χ2n) is 6.89. The number of aromatic nitrogens is 2. The molecule has 0 atom stereocenters. The number of esters is 1. The van der Waals surface area contributed by atoms with E-state index in [1.807, 2.05) is 0 Å². The molecule has 1 heterocycles. The largest absolute Gasteiger partial charge is 0.452 e. The van der Waals surface area contributed by atoms with Gasteiger partial charge in [0.15, 0.2) is 12.4 Å². The van der Waals surface area contributed by atoms with Gasteiger partial charge >= 0.3 is 5.97 Å². The Morgan fingerprint density at radius 1 is 1.06 bits per heavy atom. The second-order valence-corrected chi connectivity index (χ2v) is 7.30. The van der Waals surface area contributed by atoms with Crippen molar-refractivity contribution in [2.24, 2.45) is 0 Å². The smallest absolute Gasteiger partial charge is 0.339 e. The van der Waals surface area contributed by atoms with Crippen LogP contribution in [0.15, 0.2) is 71.3 Å². The molecule has 0 amide bonds. The van der Waals surface area contributed by atoms with Crippen molar-refractivity contribution in [1.29, 1.82) is 0 Å². The quantitative estimate of drug-likeness (QED) is 0.156. The predicted octanol–water partition coefficient (Wildman–Crippen LogP) is 5.03. The van der Waals surface area contributed by atoms with Crippen molar-refractivity contribution in [3.63, 3.8) is 0 Å². The van der Waals surface area contributed by atoms with E-state index < -0.39 is 28.2 Å². The van der Waals surface area contributed by atoms with Gasteiger partial charge in [0.05, 0.1) is 10.5 Å². The lowest BCUT2D eigenvalue weighted by Crippen LogP contribution is -2.13. The van der Waals surface area contributed by atoms with E-state index in [2.05, 4.69) is 10.1 Å². The minimum atomic E-state index is -0.839. The van der Waals surface area contributed by atoms with Crippen LogP contribution in [0, 0.1) is 15.9 Å². The van der Waals surface area contributed by atoms with Crippen LogP contribution in [0.25, 0.3) is 11.4 Å². The van der Waals surface area contributed by atoms with Gasteiger partial charge in [-0.3, -0.25) is 14.9 Å². The van der Waals surface area contributed by atoms with Crippen molar-refractivity contribution in [3.8, 4) is 11.4 Å². The van der Waals surface area contributed by atoms with E-state index >= 15 is 0 Å². The molecule has 34 heavy (non-hydrogen) atoms. The van der Waals surface area contributed by atoms with Gasteiger partial charge in [-0.25, -0.2) is 9.18 Å². The zero-order valence-corrected chi connectivity index (χ0v) is 17.9. The maximum absolute atomic E-state index is 13.1. The van der Waals surface area contributed by atoms with Crippen LogP contribution in [0.3, 0.4) is 0 Å². The molecule has 3 aromatic carbocycles. The fourth-order valence-electron chi connectivity index (χ4n) is 3.04. The molecule has 0 saturated carbocycles. The van der Waals surface area contributed by atoms with Crippen LogP contribution < -0.4 is 0 Å². The van der Waals surface area contributed by atoms with Crippen molar-refractivity contribution in [3.05, 3.63) is 110 Å². The van der Waals surface area contributed by atoms with Crippen LogP contribution in [-0.4, -0.2) is 26.8 Å². The highest BCUT2D eigenvalue weighted by atomic mass is 35.5. The van der Waals surface area contributed by atoms with Crippen molar-refractivity contribution < 1.29 is 28.2 Å². The Morgan fingerprint density at radius 3 is 2.47 bits per heavy atom. The Balaban J connectivity index is 1.51. The van der Waals surface area contributed by atoms with Crippen molar-refractivity contribution >= 4 is 29.0 Å². The minimum Gasteiger partial charge on any atom is -0.452 e. The molecule has 0 aliphatic heterocycles. The van der Waals surface area contributed by atoms with E-state index in [1.54, 1.807) is 6.07 Å². The first-order valence-electron chi connectivity index (χ1n) is 9.67. The number of ketones is 1. The average molecular weight is 482 g/mol. The molecule has 0 N–H and O–H groups in total. The predicted molar refractivity (Wildman–Crippen MR) is 117 cm³/mol. The summed E-state index contributed by atoms with van der Waals surface area (Å²) in [6, 6.07) is 14.9. The van der Waals surface area contributed by atoms with E-state index in [0.717, 1.165) is 6.07 Å². The standard InChI is InChI=1S/C23H13ClFN3O6/c24-18-10-7-14(11-19(18)28(31)32)21(29)16-3-1-2-4-17(16)23(30)33-12-20-26-22(27-34-20)13-5-8-15(25)9-6-13/h1-11H,12H2. The van der Waals surface area contributed by atoms with Gasteiger partial charge in [0.25, 0.3) is 11.6 Å². The Labute approximate surface area is 195 Å². The molecular weight excluding hydrogens is 469 g/mol. The number of rotatable bonds is 7. The zero-order valence-electron chi connectivity index (χ0n) is 17.1. The Kier molecular flexibility index (Phi) is 6.42. The summed E-state index contributed by atoms with van der Waals surface area (Å²) in [7, 11) is 0. The number of nitro groups is 1. The number of halogens is 2. The number of carbonyl (C=O) groups excluding carboxylic acids is 2. The van der Waals surface area contributed by atoms with Gasteiger partial charge in [-0.2, -0.15) is 4.98 Å². The lowest BCUT2D eigenvalue weighted by atomic mass is 9.98. The Bertz CT molecular complexity index is 1400. The summed E-state index contributed by atoms with van der Waals surface area (Å²) >= 11 is 5.81. The molecule has 0 saturated heterocycles. The molecule has 0 fully saturated rings. The highest BCUT2D eigenvalue weighted by Gasteiger charge is 2.23. The average Bonchev–Trinajstić information content (AvgIpc) is 3.31. The molecule has 0 radical (unpaired) electrons. The molecule has 0 spiro atoms. The Morgan fingerprint density at radius 2 is 1.76 bits per heavy atom. The number of carbonyl (C=O) groups is 2. The molecule has 4 rings (SSSR count). The summed E-state index contributed by atoms with van der Waals surface area (Å²) in [5.74, 6) is -1.70. The summed E-state index contributed by atoms with van der Waals surface area (Å²) < 4.78 is 23.3. The van der Waals surface area contributed by atoms with Crippen LogP contribution >= 0.6 is 11.6 Å². The van der Waals surface area contributed by atoms with E-state index in [4.69, 9.17) is 20.9 Å². The lowest BCUT2D eigenvalue weighted by molar-refractivity contribution is -0.384. The zero-order chi connectivity index (χ0) is 24.2. The van der Waals surface area contributed by atoms with Gasteiger partial charge in [-0.1, -0.05) is 35.0 Å². The summed E-state index contributed by atoms with van der Waals surface area (Å²) in [5, 5.41) is 14.8. The highest BCUT2D eigenvalue weighted by Crippen LogP contribution is 2.27. The van der Waals surface area contributed by atoms with Crippen molar-refractivity contribution in [2.75, 3.05) is 0 Å². The number of nitrogens with zero attached hydrogens (tertiary/aromatic N) is 3. The lowest BCUT2D eigenvalue weighted by Gasteiger charge is -2.08. The van der Waals surface area contributed by atoms with Gasteiger partial charge < -0.3 is 9.26 Å². The van der Waals surface area contributed by atoms with Gasteiger partial charge in [0.2, 0.25) is 5.82 Å². The second kappa shape index (κ2) is 9.59. The molecule has 0 aliphatic carbocycles. The van der Waals surface area contributed by atoms with Crippen LogP contribution in [0.4, 0.5) is 10.1 Å². The van der Waals surface area contributed by atoms with Gasteiger partial charge in [0, 0.05) is 22.8 Å². The molecule has 4 aromatic rings. The van der Waals surface area contributed by atoms with E-state index in [0.29, 0.717) is 5.56 Å². The van der Waals surface area contributed by atoms with Gasteiger partial charge in [-0.15, -0.1) is 0 Å². The first-order valence-corrected chi connectivity index (χ1v) is 10.0. The molecule has 9 nitrogen and oxygen atoms in total. The topological polar surface area (TPSA) is 125 Å². The molecule has 0 bridgehead atoms. The summed E-state index contributed by atoms with van der Waals surface area (Å²) in [6.07, 6.45) is 0. The van der Waals surface area contributed by atoms with Crippen LogP contribution in [-0.2, 0) is 11.3 Å². The number of ether oxygens (including phenoxy) is 1. The van der Waals surface area contributed by atoms with E-state index in [-0.39, 0.29) is 40.0 Å². The van der Waals surface area contributed by atoms with Crippen LogP contribution in [0.5, 0.6) is 0 Å². The number of hydrogen-bond donors (Lipinski definition) is 0. The van der Waals surface area contributed by atoms with Gasteiger partial charge in [0.1, 0.15) is 10.8 Å². The summed E-state index contributed by atoms with van der Waals surface area (Å²) in [4.78, 5) is 40.2. The summed E-state index contributed by atoms with van der Waals surface area (Å²) in [5.41, 5.74) is -0.00104. The molecule has 1 aromatic heterocycles. The maximum atomic E-state index is 13.1. The molecule has 11 heteroatoms.